The maximum Gasteiger partial charge on any atom is 0.416 e. The van der Waals surface area contributed by atoms with Crippen LogP contribution >= 0.6 is 11.9 Å². The average molecular weight is 556 g/mol. The van der Waals surface area contributed by atoms with E-state index >= 15 is 0 Å². The fraction of sp³-hybridized carbons (Fsp3) is 0.767. The van der Waals surface area contributed by atoms with E-state index in [0.717, 1.165) is 61.6 Å². The van der Waals surface area contributed by atoms with Crippen molar-refractivity contribution in [2.75, 3.05) is 0 Å². The quantitative estimate of drug-likeness (QED) is 0.286. The zero-order valence-corrected chi connectivity index (χ0v) is 23.4. The normalized spacial score (nSPS) is 39.6. The summed E-state index contributed by atoms with van der Waals surface area (Å²) in [4.78, 5) is 12.8. The molecule has 0 radical (unpaired) electrons. The predicted molar refractivity (Wildman–Crippen MR) is 140 cm³/mol. The minimum absolute atomic E-state index is 0.0236. The Balaban J connectivity index is 1.19. The molecule has 0 spiro atoms. The topological polar surface area (TPSA) is 49.3 Å². The van der Waals surface area contributed by atoms with Crippen LogP contribution in [-0.2, 0) is 11.0 Å². The average Bonchev–Trinajstić information content (AvgIpc) is 3.20. The van der Waals surface area contributed by atoms with E-state index in [-0.39, 0.29) is 28.2 Å². The molecular formula is C30H41F4NO2S. The van der Waals surface area contributed by atoms with Gasteiger partial charge in [-0.15, -0.1) is 0 Å². The zero-order chi connectivity index (χ0) is 27.5. The molecule has 5 rings (SSSR count). The van der Waals surface area contributed by atoms with Gasteiger partial charge in [0.1, 0.15) is 5.82 Å². The standard InChI is InChI=1S/C30H41F4NO2S/c1-17(14-27(37)35-38-26-9-5-19(16-25(26)31)30(32,33)34)22-7-8-23-21-6-4-18-15-20(36)10-12-28(18,2)24(21)11-13-29(22,23)3/h5,9,16-18,20-24,36H,4,6-8,10-15H2,1-3H3,(H,35,37)/t17-,18?,20-,21?,22?,23?,24?,28?,29?/m1/s1. The maximum atomic E-state index is 14.2. The van der Waals surface area contributed by atoms with Gasteiger partial charge in [-0.3, -0.25) is 9.52 Å². The highest BCUT2D eigenvalue weighted by Gasteiger charge is 2.60. The molecule has 2 N–H and O–H groups in total. The molecule has 9 atom stereocenters. The molecule has 4 fully saturated rings. The minimum atomic E-state index is -4.60. The number of alkyl halides is 3. The lowest BCUT2D eigenvalue weighted by Crippen LogP contribution is -2.54. The molecule has 4 aliphatic rings. The van der Waals surface area contributed by atoms with Crippen LogP contribution in [0.5, 0.6) is 0 Å². The van der Waals surface area contributed by atoms with Gasteiger partial charge in [0.2, 0.25) is 5.91 Å². The van der Waals surface area contributed by atoms with Gasteiger partial charge in [-0.2, -0.15) is 13.2 Å². The van der Waals surface area contributed by atoms with Crippen molar-refractivity contribution < 1.29 is 27.5 Å². The first-order valence-electron chi connectivity index (χ1n) is 14.3. The molecule has 7 unspecified atom stereocenters. The number of fused-ring (bicyclic) bond motifs is 5. The Morgan fingerprint density at radius 2 is 1.79 bits per heavy atom. The van der Waals surface area contributed by atoms with E-state index in [0.29, 0.717) is 35.7 Å². The van der Waals surface area contributed by atoms with Gasteiger partial charge in [-0.1, -0.05) is 20.8 Å². The third-order valence-electron chi connectivity index (χ3n) is 11.4. The fourth-order valence-electron chi connectivity index (χ4n) is 9.56. The smallest absolute Gasteiger partial charge is 0.393 e. The van der Waals surface area contributed by atoms with Crippen molar-refractivity contribution in [1.29, 1.82) is 0 Å². The van der Waals surface area contributed by atoms with Crippen LogP contribution < -0.4 is 4.72 Å². The summed E-state index contributed by atoms with van der Waals surface area (Å²) in [7, 11) is 0. The third-order valence-corrected chi connectivity index (χ3v) is 12.3. The molecule has 38 heavy (non-hydrogen) atoms. The van der Waals surface area contributed by atoms with Gasteiger partial charge in [0, 0.05) is 6.42 Å². The molecule has 1 aromatic carbocycles. The molecule has 0 aliphatic heterocycles. The van der Waals surface area contributed by atoms with Gasteiger partial charge in [-0.25, -0.2) is 4.39 Å². The summed E-state index contributed by atoms with van der Waals surface area (Å²) < 4.78 is 55.2. The van der Waals surface area contributed by atoms with Crippen LogP contribution in [0.4, 0.5) is 17.6 Å². The molecule has 0 saturated heterocycles. The fourth-order valence-corrected chi connectivity index (χ4v) is 10.2. The number of rotatable bonds is 5. The second-order valence-electron chi connectivity index (χ2n) is 13.3. The Morgan fingerprint density at radius 3 is 2.50 bits per heavy atom. The Morgan fingerprint density at radius 1 is 1.08 bits per heavy atom. The van der Waals surface area contributed by atoms with Gasteiger partial charge in [0.25, 0.3) is 0 Å². The van der Waals surface area contributed by atoms with Crippen molar-refractivity contribution >= 4 is 17.9 Å². The summed E-state index contributed by atoms with van der Waals surface area (Å²) in [5.74, 6) is 2.21. The molecule has 8 heteroatoms. The number of aliphatic hydroxyl groups excluding tert-OH is 1. The summed E-state index contributed by atoms with van der Waals surface area (Å²) >= 11 is 0.746. The number of aliphatic hydroxyl groups is 1. The summed E-state index contributed by atoms with van der Waals surface area (Å²) in [6.07, 6.45) is 5.87. The van der Waals surface area contributed by atoms with Crippen molar-refractivity contribution in [1.82, 2.24) is 4.72 Å². The first kappa shape index (κ1) is 28.3. The van der Waals surface area contributed by atoms with Crippen LogP contribution in [0.2, 0.25) is 0 Å². The lowest BCUT2D eigenvalue weighted by molar-refractivity contribution is -0.137. The van der Waals surface area contributed by atoms with Crippen molar-refractivity contribution in [2.45, 2.75) is 102 Å². The number of hydrogen-bond donors (Lipinski definition) is 2. The first-order chi connectivity index (χ1) is 17.8. The van der Waals surface area contributed by atoms with Gasteiger partial charge in [0.05, 0.1) is 16.6 Å². The Kier molecular flexibility index (Phi) is 7.64. The number of halogens is 4. The van der Waals surface area contributed by atoms with E-state index in [1.165, 1.54) is 32.1 Å². The lowest BCUT2D eigenvalue weighted by Gasteiger charge is -2.61. The third kappa shape index (κ3) is 5.02. The minimum Gasteiger partial charge on any atom is -0.393 e. The second-order valence-corrected chi connectivity index (χ2v) is 14.1. The number of benzene rings is 1. The maximum absolute atomic E-state index is 14.2. The SMILES string of the molecule is C[C@H](CC(=O)NSc1ccc(C(F)(F)F)cc1F)C1CCC2C3CCC4C[C@H](O)CCC4(C)C3CCC21C. The van der Waals surface area contributed by atoms with Crippen molar-refractivity contribution in [3.8, 4) is 0 Å². The van der Waals surface area contributed by atoms with Gasteiger partial charge in [0.15, 0.2) is 0 Å². The number of hydrogen-bond acceptors (Lipinski definition) is 3. The van der Waals surface area contributed by atoms with E-state index < -0.39 is 17.6 Å². The van der Waals surface area contributed by atoms with Crippen LogP contribution in [0, 0.1) is 52.2 Å². The molecule has 212 valence electrons. The van der Waals surface area contributed by atoms with E-state index in [2.05, 4.69) is 25.5 Å². The molecule has 0 aromatic heterocycles. The summed E-state index contributed by atoms with van der Waals surface area (Å²) in [6, 6.07) is 2.37. The van der Waals surface area contributed by atoms with Gasteiger partial charge >= 0.3 is 6.18 Å². The number of carbonyl (C=O) groups is 1. The highest BCUT2D eigenvalue weighted by Crippen LogP contribution is 2.68. The molecule has 4 saturated carbocycles. The van der Waals surface area contributed by atoms with E-state index in [9.17, 15) is 27.5 Å². The Hall–Kier alpha value is -1.28. The van der Waals surface area contributed by atoms with Gasteiger partial charge in [-0.05, 0) is 134 Å². The predicted octanol–water partition coefficient (Wildman–Crippen LogP) is 8.01. The molecule has 4 aliphatic carbocycles. The van der Waals surface area contributed by atoms with E-state index in [1.807, 2.05) is 0 Å². The van der Waals surface area contributed by atoms with Crippen LogP contribution in [0.25, 0.3) is 0 Å². The van der Waals surface area contributed by atoms with E-state index in [4.69, 9.17) is 0 Å². The zero-order valence-electron chi connectivity index (χ0n) is 22.6. The van der Waals surface area contributed by atoms with E-state index in [1.54, 1.807) is 0 Å². The summed E-state index contributed by atoms with van der Waals surface area (Å²) in [6.45, 7) is 7.10. The largest absolute Gasteiger partial charge is 0.416 e. The lowest BCUT2D eigenvalue weighted by atomic mass is 9.44. The van der Waals surface area contributed by atoms with Crippen molar-refractivity contribution in [3.05, 3.63) is 29.6 Å². The molecule has 1 aromatic rings. The van der Waals surface area contributed by atoms with Crippen molar-refractivity contribution in [3.63, 3.8) is 0 Å². The summed E-state index contributed by atoms with van der Waals surface area (Å²) in [5, 5.41) is 10.3. The monoisotopic (exact) mass is 555 g/mol. The molecular weight excluding hydrogens is 514 g/mol. The Bertz CT molecular complexity index is 1050. The number of amides is 1. The van der Waals surface area contributed by atoms with Crippen molar-refractivity contribution in [2.24, 2.45) is 46.3 Å². The highest BCUT2D eigenvalue weighted by atomic mass is 32.2. The highest BCUT2D eigenvalue weighted by molar-refractivity contribution is 7.98. The molecule has 0 bridgehead atoms. The van der Waals surface area contributed by atoms with Crippen LogP contribution in [0.15, 0.2) is 23.1 Å². The molecule has 1 amide bonds. The number of nitrogens with one attached hydrogen (secondary N) is 1. The summed E-state index contributed by atoms with van der Waals surface area (Å²) in [5.41, 5.74) is -0.482. The van der Waals surface area contributed by atoms with Gasteiger partial charge < -0.3 is 5.11 Å². The number of carbonyl (C=O) groups excluding carboxylic acids is 1. The first-order valence-corrected chi connectivity index (χ1v) is 15.1. The van der Waals surface area contributed by atoms with Crippen LogP contribution in [-0.4, -0.2) is 17.1 Å². The molecule has 0 heterocycles. The second kappa shape index (κ2) is 10.3. The molecule has 3 nitrogen and oxygen atoms in total. The van der Waals surface area contributed by atoms with Crippen LogP contribution in [0.3, 0.4) is 0 Å². The Labute approximate surface area is 228 Å². The van der Waals surface area contributed by atoms with Crippen LogP contribution in [0.1, 0.15) is 90.5 Å².